The molecule has 0 aromatic rings. The highest BCUT2D eigenvalue weighted by Crippen LogP contribution is 1.99. The number of hydrogen-bond acceptors (Lipinski definition) is 1. The fourth-order valence-electron chi connectivity index (χ4n) is 0.0559. The quantitative estimate of drug-likeness (QED) is 0.481. The van der Waals surface area contributed by atoms with Crippen LogP contribution < -0.4 is 5.32 Å². The summed E-state index contributed by atoms with van der Waals surface area (Å²) in [4.78, 5) is 3.28. The predicted molar refractivity (Wildman–Crippen MR) is 29.7 cm³/mol. The van der Waals surface area contributed by atoms with E-state index in [2.05, 4.69) is 10.2 Å². The van der Waals surface area contributed by atoms with Gasteiger partial charge in [-0.1, -0.05) is 0 Å². The molecule has 2 heteroatoms. The molecule has 2 nitrogen and oxygen atoms in total. The molecule has 0 saturated heterocycles. The molecule has 0 aromatic carbocycles. The molecule has 0 saturated carbocycles. The molecule has 0 fully saturated rings. The van der Waals surface area contributed by atoms with Crippen LogP contribution in [0.2, 0.25) is 0 Å². The van der Waals surface area contributed by atoms with E-state index in [0.29, 0.717) is 0 Å². The Morgan fingerprint density at radius 3 is 2.00 bits per heavy atom. The topological polar surface area (TPSA) is 16.4 Å². The first-order valence-electron chi connectivity index (χ1n) is 2.20. The van der Waals surface area contributed by atoms with Crippen molar-refractivity contribution in [3.05, 3.63) is 11.4 Å². The lowest BCUT2D eigenvalue weighted by atomic mass is 10.3. The summed E-state index contributed by atoms with van der Waals surface area (Å²) in [5.74, 6) is 0. The van der Waals surface area contributed by atoms with E-state index in [1.807, 2.05) is 13.8 Å². The van der Waals surface area contributed by atoms with Gasteiger partial charge in [0, 0.05) is 13.8 Å². The van der Waals surface area contributed by atoms with Crippen LogP contribution in [0.15, 0.2) is 0 Å². The van der Waals surface area contributed by atoms with Gasteiger partial charge in [-0.25, -0.2) is 11.9 Å². The van der Waals surface area contributed by atoms with Crippen LogP contribution in [0.3, 0.4) is 0 Å². The Labute approximate surface area is 44.4 Å². The SMILES string of the molecule is [C-]#[N+]C(C)(C)NC. The van der Waals surface area contributed by atoms with Gasteiger partial charge in [0.1, 0.15) is 0 Å². The fraction of sp³-hybridized carbons (Fsp3) is 0.800. The minimum atomic E-state index is -0.375. The Hall–Kier alpha value is -0.550. The van der Waals surface area contributed by atoms with Gasteiger partial charge in [-0.05, 0) is 7.05 Å². The summed E-state index contributed by atoms with van der Waals surface area (Å²) in [5.41, 5.74) is -0.375. The van der Waals surface area contributed by atoms with Gasteiger partial charge < -0.3 is 0 Å². The highest BCUT2D eigenvalue weighted by atomic mass is 15.1. The van der Waals surface area contributed by atoms with E-state index in [9.17, 15) is 0 Å². The van der Waals surface area contributed by atoms with E-state index in [-0.39, 0.29) is 5.66 Å². The second kappa shape index (κ2) is 1.94. The molecule has 0 aliphatic heterocycles. The van der Waals surface area contributed by atoms with Crippen molar-refractivity contribution in [2.75, 3.05) is 7.05 Å². The lowest BCUT2D eigenvalue weighted by Crippen LogP contribution is -2.31. The Kier molecular flexibility index (Phi) is 1.79. The van der Waals surface area contributed by atoms with Crippen LogP contribution in [0.25, 0.3) is 4.85 Å². The van der Waals surface area contributed by atoms with Crippen LogP contribution in [-0.4, -0.2) is 12.7 Å². The maximum Gasteiger partial charge on any atom is 0.280 e. The van der Waals surface area contributed by atoms with Gasteiger partial charge in [-0.2, -0.15) is 0 Å². The molecule has 0 bridgehead atoms. The van der Waals surface area contributed by atoms with Gasteiger partial charge in [0.15, 0.2) is 0 Å². The van der Waals surface area contributed by atoms with Gasteiger partial charge in [-0.3, -0.25) is 4.85 Å². The molecule has 0 rings (SSSR count). The lowest BCUT2D eigenvalue weighted by Gasteiger charge is -2.06. The van der Waals surface area contributed by atoms with E-state index in [0.717, 1.165) is 0 Å². The second-order valence-electron chi connectivity index (χ2n) is 1.92. The van der Waals surface area contributed by atoms with Crippen molar-refractivity contribution in [1.82, 2.24) is 5.32 Å². The molecule has 0 radical (unpaired) electrons. The van der Waals surface area contributed by atoms with Crippen LogP contribution in [0.4, 0.5) is 0 Å². The van der Waals surface area contributed by atoms with Gasteiger partial charge in [-0.15, -0.1) is 0 Å². The molecule has 0 aliphatic rings. The highest BCUT2D eigenvalue weighted by molar-refractivity contribution is 4.84. The second-order valence-corrected chi connectivity index (χ2v) is 1.92. The molecule has 0 atom stereocenters. The summed E-state index contributed by atoms with van der Waals surface area (Å²) < 4.78 is 0. The largest absolute Gasteiger partial charge is 0.294 e. The lowest BCUT2D eigenvalue weighted by molar-refractivity contribution is 0.523. The molecule has 40 valence electrons. The zero-order chi connectivity index (χ0) is 5.91. The van der Waals surface area contributed by atoms with Gasteiger partial charge >= 0.3 is 0 Å². The summed E-state index contributed by atoms with van der Waals surface area (Å²) in [6, 6.07) is 0. The van der Waals surface area contributed by atoms with Crippen LogP contribution >= 0.6 is 0 Å². The zero-order valence-electron chi connectivity index (χ0n) is 4.95. The standard InChI is InChI=1S/C5H10N2/c1-5(2,6-3)7-4/h6H,1-3H3. The Morgan fingerprint density at radius 1 is 1.57 bits per heavy atom. The maximum atomic E-state index is 6.57. The summed E-state index contributed by atoms with van der Waals surface area (Å²) >= 11 is 0. The van der Waals surface area contributed by atoms with Crippen molar-refractivity contribution < 1.29 is 0 Å². The maximum absolute atomic E-state index is 6.57. The van der Waals surface area contributed by atoms with E-state index in [1.54, 1.807) is 7.05 Å². The summed E-state index contributed by atoms with van der Waals surface area (Å²) in [7, 11) is 1.78. The average Bonchev–Trinajstić information content (AvgIpc) is 1.68. The van der Waals surface area contributed by atoms with Gasteiger partial charge in [0.25, 0.3) is 5.66 Å². The van der Waals surface area contributed by atoms with E-state index >= 15 is 0 Å². The predicted octanol–water partition coefficient (Wildman–Crippen LogP) is 0.861. The first kappa shape index (κ1) is 6.45. The third kappa shape index (κ3) is 2.18. The monoisotopic (exact) mass is 98.1 g/mol. The van der Waals surface area contributed by atoms with Crippen molar-refractivity contribution in [3.63, 3.8) is 0 Å². The Morgan fingerprint density at radius 2 is 2.00 bits per heavy atom. The third-order valence-electron chi connectivity index (χ3n) is 0.891. The van der Waals surface area contributed by atoms with Crippen molar-refractivity contribution >= 4 is 0 Å². The third-order valence-corrected chi connectivity index (χ3v) is 0.891. The first-order chi connectivity index (χ1) is 3.12. The first-order valence-corrected chi connectivity index (χ1v) is 2.20. The normalized spacial score (nSPS) is 10.6. The van der Waals surface area contributed by atoms with Crippen molar-refractivity contribution in [1.29, 1.82) is 0 Å². The molecule has 0 heterocycles. The number of rotatable bonds is 1. The van der Waals surface area contributed by atoms with Crippen LogP contribution in [0.5, 0.6) is 0 Å². The average molecular weight is 98.1 g/mol. The molecular weight excluding hydrogens is 88.1 g/mol. The Balaban J connectivity index is 3.66. The Bertz CT molecular complexity index is 88.7. The van der Waals surface area contributed by atoms with Crippen molar-refractivity contribution in [3.8, 4) is 0 Å². The molecular formula is C5H10N2. The van der Waals surface area contributed by atoms with E-state index < -0.39 is 0 Å². The minimum Gasteiger partial charge on any atom is -0.294 e. The minimum absolute atomic E-state index is 0.375. The van der Waals surface area contributed by atoms with Crippen LogP contribution in [-0.2, 0) is 0 Å². The van der Waals surface area contributed by atoms with Crippen molar-refractivity contribution in [2.45, 2.75) is 19.5 Å². The molecule has 0 aliphatic carbocycles. The molecule has 0 aromatic heterocycles. The summed E-state index contributed by atoms with van der Waals surface area (Å²) in [6.07, 6.45) is 0. The number of hydrogen-bond donors (Lipinski definition) is 1. The highest BCUT2D eigenvalue weighted by Gasteiger charge is 2.16. The zero-order valence-corrected chi connectivity index (χ0v) is 4.95. The van der Waals surface area contributed by atoms with Gasteiger partial charge in [0.05, 0.1) is 0 Å². The molecule has 7 heavy (non-hydrogen) atoms. The smallest absolute Gasteiger partial charge is 0.280 e. The summed E-state index contributed by atoms with van der Waals surface area (Å²) in [5, 5.41) is 2.84. The van der Waals surface area contributed by atoms with Gasteiger partial charge in [0.2, 0.25) is 0 Å². The van der Waals surface area contributed by atoms with Crippen LogP contribution in [0.1, 0.15) is 13.8 Å². The fourth-order valence-corrected chi connectivity index (χ4v) is 0.0559. The molecule has 0 unspecified atom stereocenters. The van der Waals surface area contributed by atoms with Crippen LogP contribution in [0, 0.1) is 6.57 Å². The van der Waals surface area contributed by atoms with E-state index in [1.165, 1.54) is 0 Å². The molecule has 0 spiro atoms. The summed E-state index contributed by atoms with van der Waals surface area (Å²) in [6.45, 7) is 10.2. The van der Waals surface area contributed by atoms with E-state index in [4.69, 9.17) is 6.57 Å². The molecule has 1 N–H and O–H groups in total. The number of nitrogens with zero attached hydrogens (tertiary/aromatic N) is 1. The van der Waals surface area contributed by atoms with Crippen molar-refractivity contribution in [2.24, 2.45) is 0 Å². The number of nitrogens with one attached hydrogen (secondary N) is 1. The molecule has 0 amide bonds.